The summed E-state index contributed by atoms with van der Waals surface area (Å²) < 4.78 is 44.9. The highest BCUT2D eigenvalue weighted by atomic mass is 35.5. The minimum absolute atomic E-state index is 0.0645. The third-order valence-electron chi connectivity index (χ3n) is 8.99. The number of carbonyl (C=O) groups is 1. The van der Waals surface area contributed by atoms with Crippen molar-refractivity contribution in [1.82, 2.24) is 24.2 Å². The smallest absolute Gasteiger partial charge is 0.254 e. The third-order valence-corrected chi connectivity index (χ3v) is 11.2. The number of carbonyl (C=O) groups excluding carboxylic acids is 1. The molecule has 1 amide bonds. The topological polar surface area (TPSA) is 88.4 Å². The number of amides is 1. The summed E-state index contributed by atoms with van der Waals surface area (Å²) in [7, 11) is -3.71. The maximum Gasteiger partial charge on any atom is 0.254 e. The first kappa shape index (κ1) is 28.3. The summed E-state index contributed by atoms with van der Waals surface area (Å²) in [5, 5.41) is 8.77. The maximum absolute atomic E-state index is 14.5. The van der Waals surface area contributed by atoms with Gasteiger partial charge in [0.1, 0.15) is 11.5 Å². The van der Waals surface area contributed by atoms with Gasteiger partial charge in [0, 0.05) is 35.3 Å². The lowest BCUT2D eigenvalue weighted by Crippen LogP contribution is -2.42. The van der Waals surface area contributed by atoms with Gasteiger partial charge in [0.25, 0.3) is 5.91 Å². The normalized spacial score (nSPS) is 23.7. The Kier molecular flexibility index (Phi) is 7.67. The number of nitrogens with zero attached hydrogens (tertiary/aromatic N) is 5. The van der Waals surface area contributed by atoms with Gasteiger partial charge in [-0.05, 0) is 93.7 Å². The zero-order chi connectivity index (χ0) is 28.9. The third kappa shape index (κ3) is 5.53. The Labute approximate surface area is 245 Å². The highest BCUT2D eigenvalue weighted by Crippen LogP contribution is 2.45. The second kappa shape index (κ2) is 11.1. The molecule has 1 saturated carbocycles. The lowest BCUT2D eigenvalue weighted by molar-refractivity contribution is 0.0691. The molecule has 1 aromatic heterocycles. The molecule has 6 rings (SSSR count). The molecule has 3 aliphatic rings. The molecule has 0 radical (unpaired) electrons. The number of aryl methyl sites for hydroxylation is 1. The maximum atomic E-state index is 14.5. The van der Waals surface area contributed by atoms with Gasteiger partial charge in [0.05, 0.1) is 23.7 Å². The van der Waals surface area contributed by atoms with E-state index >= 15 is 0 Å². The minimum Gasteiger partial charge on any atom is -0.333 e. The number of hydrogen-bond acceptors (Lipinski definition) is 5. The molecule has 3 heterocycles. The van der Waals surface area contributed by atoms with Crippen LogP contribution in [0.1, 0.15) is 61.4 Å². The second-order valence-corrected chi connectivity index (χ2v) is 14.1. The quantitative estimate of drug-likeness (QED) is 0.355. The van der Waals surface area contributed by atoms with E-state index in [2.05, 4.69) is 10.3 Å². The summed E-state index contributed by atoms with van der Waals surface area (Å²) in [4.78, 5) is 16.1. The number of aromatic nitrogens is 3. The van der Waals surface area contributed by atoms with Gasteiger partial charge < -0.3 is 4.90 Å². The van der Waals surface area contributed by atoms with Gasteiger partial charge in [0.2, 0.25) is 10.0 Å². The van der Waals surface area contributed by atoms with Crippen LogP contribution in [0.25, 0.3) is 11.3 Å². The Balaban J connectivity index is 1.27. The summed E-state index contributed by atoms with van der Waals surface area (Å²) in [6.07, 6.45) is 7.57. The molecule has 2 saturated heterocycles. The minimum atomic E-state index is -3.71. The Morgan fingerprint density at radius 2 is 1.88 bits per heavy atom. The molecule has 2 aromatic carbocycles. The van der Waals surface area contributed by atoms with Crippen molar-refractivity contribution in [3.8, 4) is 11.3 Å². The first-order valence-corrected chi connectivity index (χ1v) is 16.2. The molecule has 0 N–H and O–H groups in total. The molecule has 0 spiro atoms. The highest BCUT2D eigenvalue weighted by Gasteiger charge is 2.45. The molecule has 0 bridgehead atoms. The average Bonchev–Trinajstić information content (AvgIpc) is 3.54. The summed E-state index contributed by atoms with van der Waals surface area (Å²) >= 11 is 5.91. The van der Waals surface area contributed by atoms with Crippen LogP contribution in [0.3, 0.4) is 0 Å². The van der Waals surface area contributed by atoms with E-state index in [1.165, 1.54) is 6.07 Å². The standard InChI is InChI=1S/C30H35ClFN5O3S/c1-19-6-10-23(41(39,40)37-13-4-3-5-20(37)2)16-26(19)30(38)36-14-12-24(21-7-8-21)29(36)18-35-17-28(33-34-35)25-11-9-22(31)15-27(25)32/h6,9-11,15-17,20-21,24,29H,3-5,7-8,12-14,18H2,1-2H3. The highest BCUT2D eigenvalue weighted by molar-refractivity contribution is 7.89. The lowest BCUT2D eigenvalue weighted by Gasteiger charge is -2.32. The van der Waals surface area contributed by atoms with Crippen LogP contribution in [0, 0.1) is 24.6 Å². The van der Waals surface area contributed by atoms with E-state index in [1.54, 1.807) is 45.5 Å². The fraction of sp³-hybridized carbons (Fsp3) is 0.500. The SMILES string of the molecule is Cc1ccc(S(=O)(=O)N2CCCCC2C)cc1C(=O)N1CCC(C2CC2)C1Cn1cc(-c2ccc(Cl)cc2F)nn1. The molecular formula is C30H35ClFN5O3S. The number of halogens is 2. The van der Waals surface area contributed by atoms with E-state index in [9.17, 15) is 17.6 Å². The number of hydrogen-bond donors (Lipinski definition) is 0. The summed E-state index contributed by atoms with van der Waals surface area (Å²) in [6.45, 7) is 5.31. The zero-order valence-electron chi connectivity index (χ0n) is 23.3. The fourth-order valence-electron chi connectivity index (χ4n) is 6.55. The predicted octanol–water partition coefficient (Wildman–Crippen LogP) is 5.55. The second-order valence-electron chi connectivity index (χ2n) is 11.7. The summed E-state index contributed by atoms with van der Waals surface area (Å²) in [5.74, 6) is 0.244. The van der Waals surface area contributed by atoms with Crippen LogP contribution in [-0.4, -0.2) is 63.7 Å². The van der Waals surface area contributed by atoms with E-state index in [0.29, 0.717) is 53.3 Å². The molecule has 11 heteroatoms. The van der Waals surface area contributed by atoms with Crippen LogP contribution in [-0.2, 0) is 16.6 Å². The Morgan fingerprint density at radius 1 is 1.07 bits per heavy atom. The van der Waals surface area contributed by atoms with Crippen LogP contribution in [0.15, 0.2) is 47.5 Å². The lowest BCUT2D eigenvalue weighted by atomic mass is 9.94. The summed E-state index contributed by atoms with van der Waals surface area (Å²) in [5.41, 5.74) is 1.88. The molecule has 3 atom stereocenters. The Hall–Kier alpha value is -2.82. The Bertz CT molecular complexity index is 1570. The van der Waals surface area contributed by atoms with Gasteiger partial charge in [-0.2, -0.15) is 4.31 Å². The van der Waals surface area contributed by atoms with Gasteiger partial charge in [-0.15, -0.1) is 5.10 Å². The molecule has 218 valence electrons. The number of rotatable bonds is 7. The van der Waals surface area contributed by atoms with Crippen molar-refractivity contribution in [2.24, 2.45) is 11.8 Å². The predicted molar refractivity (Wildman–Crippen MR) is 154 cm³/mol. The van der Waals surface area contributed by atoms with Crippen molar-refractivity contribution >= 4 is 27.5 Å². The monoisotopic (exact) mass is 599 g/mol. The van der Waals surface area contributed by atoms with Gasteiger partial charge in [-0.25, -0.2) is 17.5 Å². The molecule has 1 aliphatic carbocycles. The van der Waals surface area contributed by atoms with Gasteiger partial charge in [0.15, 0.2) is 0 Å². The van der Waals surface area contributed by atoms with Crippen molar-refractivity contribution in [3.05, 3.63) is 64.6 Å². The molecule has 41 heavy (non-hydrogen) atoms. The van der Waals surface area contributed by atoms with E-state index < -0.39 is 15.8 Å². The number of sulfonamides is 1. The van der Waals surface area contributed by atoms with Crippen molar-refractivity contribution < 1.29 is 17.6 Å². The van der Waals surface area contributed by atoms with Gasteiger partial charge >= 0.3 is 0 Å². The molecular weight excluding hydrogens is 565 g/mol. The zero-order valence-corrected chi connectivity index (χ0v) is 24.9. The Morgan fingerprint density at radius 3 is 2.61 bits per heavy atom. The van der Waals surface area contributed by atoms with Crippen LogP contribution >= 0.6 is 11.6 Å². The summed E-state index contributed by atoms with van der Waals surface area (Å²) in [6, 6.07) is 9.17. The first-order valence-electron chi connectivity index (χ1n) is 14.4. The molecule has 3 aromatic rings. The van der Waals surface area contributed by atoms with Crippen molar-refractivity contribution in [2.45, 2.75) is 75.9 Å². The molecule has 8 nitrogen and oxygen atoms in total. The number of benzene rings is 2. The van der Waals surface area contributed by atoms with Gasteiger partial charge in [-0.3, -0.25) is 4.79 Å². The van der Waals surface area contributed by atoms with Crippen LogP contribution in [0.4, 0.5) is 4.39 Å². The number of piperidine rings is 1. The van der Waals surface area contributed by atoms with Gasteiger partial charge in [-0.1, -0.05) is 29.3 Å². The fourth-order valence-corrected chi connectivity index (χ4v) is 8.43. The van der Waals surface area contributed by atoms with Crippen LogP contribution in [0.2, 0.25) is 5.02 Å². The van der Waals surface area contributed by atoms with Crippen molar-refractivity contribution in [1.29, 1.82) is 0 Å². The van der Waals surface area contributed by atoms with Crippen molar-refractivity contribution in [3.63, 3.8) is 0 Å². The molecule has 2 aliphatic heterocycles. The van der Waals surface area contributed by atoms with E-state index in [1.807, 2.05) is 18.7 Å². The first-order chi connectivity index (χ1) is 19.6. The molecule has 3 unspecified atom stereocenters. The van der Waals surface area contributed by atoms with E-state index in [0.717, 1.165) is 44.1 Å². The molecule has 3 fully saturated rings. The largest absolute Gasteiger partial charge is 0.333 e. The van der Waals surface area contributed by atoms with E-state index in [4.69, 9.17) is 11.6 Å². The average molecular weight is 600 g/mol. The number of likely N-dealkylation sites (tertiary alicyclic amines) is 1. The van der Waals surface area contributed by atoms with Crippen molar-refractivity contribution in [2.75, 3.05) is 13.1 Å². The van der Waals surface area contributed by atoms with Crippen LogP contribution in [0.5, 0.6) is 0 Å². The van der Waals surface area contributed by atoms with Crippen LogP contribution < -0.4 is 0 Å². The van der Waals surface area contributed by atoms with E-state index in [-0.39, 0.29) is 22.9 Å².